The van der Waals surface area contributed by atoms with Gasteiger partial charge in [0.2, 0.25) is 11.8 Å². The highest BCUT2D eigenvalue weighted by Gasteiger charge is 2.18. The fraction of sp³-hybridized carbons (Fsp3) is 0.304. The SMILES string of the molecule is Cc1cc(C)c(NC(=O)CN(C)C(=O)Cc2c(C)[nH]c3ccccc23)c(C)c1. The number of likely N-dealkylation sites (N-methyl/N-ethyl adjacent to an activating group) is 1. The number of hydrogen-bond acceptors (Lipinski definition) is 2. The Balaban J connectivity index is 1.67. The predicted octanol–water partition coefficient (Wildman–Crippen LogP) is 4.04. The smallest absolute Gasteiger partial charge is 0.243 e. The Morgan fingerprint density at radius 1 is 1.04 bits per heavy atom. The molecule has 0 bridgehead atoms. The fourth-order valence-corrected chi connectivity index (χ4v) is 3.71. The summed E-state index contributed by atoms with van der Waals surface area (Å²) in [5.41, 5.74) is 7.02. The molecular formula is C23H27N3O2. The Bertz CT molecular complexity index is 1030. The zero-order chi connectivity index (χ0) is 20.4. The number of benzene rings is 2. The van der Waals surface area contributed by atoms with Gasteiger partial charge in [0.25, 0.3) is 0 Å². The lowest BCUT2D eigenvalue weighted by molar-refractivity contribution is -0.132. The topological polar surface area (TPSA) is 65.2 Å². The summed E-state index contributed by atoms with van der Waals surface area (Å²) in [6.07, 6.45) is 0.266. The van der Waals surface area contributed by atoms with Gasteiger partial charge >= 0.3 is 0 Å². The number of anilines is 1. The normalized spacial score (nSPS) is 10.9. The Morgan fingerprint density at radius 3 is 2.36 bits per heavy atom. The van der Waals surface area contributed by atoms with Crippen LogP contribution in [0.4, 0.5) is 5.69 Å². The van der Waals surface area contributed by atoms with E-state index >= 15 is 0 Å². The van der Waals surface area contributed by atoms with E-state index in [0.717, 1.165) is 44.5 Å². The van der Waals surface area contributed by atoms with Gasteiger partial charge in [-0.15, -0.1) is 0 Å². The van der Waals surface area contributed by atoms with Gasteiger partial charge < -0.3 is 15.2 Å². The van der Waals surface area contributed by atoms with E-state index in [9.17, 15) is 9.59 Å². The third-order valence-electron chi connectivity index (χ3n) is 5.10. The molecule has 1 aromatic heterocycles. The van der Waals surface area contributed by atoms with Gasteiger partial charge in [-0.1, -0.05) is 35.9 Å². The molecule has 2 amide bonds. The average molecular weight is 377 g/mol. The minimum atomic E-state index is -0.193. The van der Waals surface area contributed by atoms with Crippen molar-refractivity contribution in [3.8, 4) is 0 Å². The molecule has 2 aromatic carbocycles. The maximum Gasteiger partial charge on any atom is 0.243 e. The van der Waals surface area contributed by atoms with Gasteiger partial charge in [-0.2, -0.15) is 0 Å². The van der Waals surface area contributed by atoms with Crippen LogP contribution in [0, 0.1) is 27.7 Å². The van der Waals surface area contributed by atoms with Crippen LogP contribution in [-0.2, 0) is 16.0 Å². The van der Waals surface area contributed by atoms with E-state index in [1.807, 2.05) is 64.1 Å². The molecule has 0 saturated heterocycles. The number of nitrogens with one attached hydrogen (secondary N) is 2. The number of carbonyl (C=O) groups is 2. The lowest BCUT2D eigenvalue weighted by atomic mass is 10.1. The second kappa shape index (κ2) is 7.89. The lowest BCUT2D eigenvalue weighted by Crippen LogP contribution is -2.36. The average Bonchev–Trinajstić information content (AvgIpc) is 2.93. The van der Waals surface area contributed by atoms with Crippen LogP contribution in [0.1, 0.15) is 27.9 Å². The molecule has 0 spiro atoms. The highest BCUT2D eigenvalue weighted by atomic mass is 16.2. The van der Waals surface area contributed by atoms with Crippen molar-refractivity contribution in [2.24, 2.45) is 0 Å². The molecule has 0 atom stereocenters. The Labute approximate surface area is 165 Å². The summed E-state index contributed by atoms with van der Waals surface area (Å²) >= 11 is 0. The molecule has 1 heterocycles. The summed E-state index contributed by atoms with van der Waals surface area (Å²) in [5, 5.41) is 4.01. The van der Waals surface area contributed by atoms with Crippen molar-refractivity contribution in [3.63, 3.8) is 0 Å². The van der Waals surface area contributed by atoms with Crippen LogP contribution in [0.5, 0.6) is 0 Å². The molecule has 0 aliphatic rings. The van der Waals surface area contributed by atoms with Gasteiger partial charge in [-0.3, -0.25) is 9.59 Å². The minimum Gasteiger partial charge on any atom is -0.358 e. The number of fused-ring (bicyclic) bond motifs is 1. The number of rotatable bonds is 5. The number of carbonyl (C=O) groups excluding carboxylic acids is 2. The summed E-state index contributed by atoms with van der Waals surface area (Å²) in [4.78, 5) is 30.0. The van der Waals surface area contributed by atoms with Crippen LogP contribution in [0.3, 0.4) is 0 Å². The highest BCUT2D eigenvalue weighted by molar-refractivity contribution is 5.96. The molecule has 3 aromatic rings. The van der Waals surface area contributed by atoms with E-state index in [-0.39, 0.29) is 24.8 Å². The maximum atomic E-state index is 12.7. The van der Waals surface area contributed by atoms with Gasteiger partial charge in [0.15, 0.2) is 0 Å². The van der Waals surface area contributed by atoms with Crippen LogP contribution >= 0.6 is 0 Å². The Morgan fingerprint density at radius 2 is 1.68 bits per heavy atom. The van der Waals surface area contributed by atoms with Crippen LogP contribution in [0.25, 0.3) is 10.9 Å². The first-order valence-corrected chi connectivity index (χ1v) is 9.44. The molecule has 5 heteroatoms. The van der Waals surface area contributed by atoms with E-state index < -0.39 is 0 Å². The van der Waals surface area contributed by atoms with E-state index in [2.05, 4.69) is 10.3 Å². The van der Waals surface area contributed by atoms with Crippen molar-refractivity contribution in [2.45, 2.75) is 34.1 Å². The summed E-state index contributed by atoms with van der Waals surface area (Å²) in [7, 11) is 1.67. The second-order valence-corrected chi connectivity index (χ2v) is 7.52. The number of para-hydroxylation sites is 1. The standard InChI is InChI=1S/C23H27N3O2/c1-14-10-15(2)23(16(3)11-14)25-21(27)13-26(5)22(28)12-19-17(4)24-20-9-7-6-8-18(19)20/h6-11,24H,12-13H2,1-5H3,(H,25,27). The van der Waals surface area contributed by atoms with Crippen molar-refractivity contribution in [3.05, 3.63) is 64.3 Å². The molecule has 0 fully saturated rings. The first kappa shape index (κ1) is 19.7. The van der Waals surface area contributed by atoms with E-state index in [0.29, 0.717) is 0 Å². The van der Waals surface area contributed by atoms with Crippen molar-refractivity contribution >= 4 is 28.4 Å². The first-order valence-electron chi connectivity index (χ1n) is 9.44. The molecule has 2 N–H and O–H groups in total. The molecule has 0 unspecified atom stereocenters. The molecule has 0 aliphatic carbocycles. The molecule has 28 heavy (non-hydrogen) atoms. The van der Waals surface area contributed by atoms with Crippen molar-refractivity contribution in [1.82, 2.24) is 9.88 Å². The zero-order valence-corrected chi connectivity index (χ0v) is 17.1. The summed E-state index contributed by atoms with van der Waals surface area (Å²) < 4.78 is 0. The summed E-state index contributed by atoms with van der Waals surface area (Å²) in [6, 6.07) is 12.0. The van der Waals surface area contributed by atoms with Crippen molar-refractivity contribution in [1.29, 1.82) is 0 Å². The quantitative estimate of drug-likeness (QED) is 0.705. The first-order chi connectivity index (χ1) is 13.3. The third kappa shape index (κ3) is 4.09. The number of aryl methyl sites for hydroxylation is 4. The fourth-order valence-electron chi connectivity index (χ4n) is 3.71. The van der Waals surface area contributed by atoms with Crippen LogP contribution in [0.15, 0.2) is 36.4 Å². The second-order valence-electron chi connectivity index (χ2n) is 7.52. The summed E-state index contributed by atoms with van der Waals surface area (Å²) in [6.45, 7) is 7.98. The van der Waals surface area contributed by atoms with Gasteiger partial charge in [-0.25, -0.2) is 0 Å². The molecule has 5 nitrogen and oxygen atoms in total. The van der Waals surface area contributed by atoms with Crippen LogP contribution in [-0.4, -0.2) is 35.3 Å². The van der Waals surface area contributed by atoms with Gasteiger partial charge in [0.05, 0.1) is 13.0 Å². The molecule has 0 aliphatic heterocycles. The number of aromatic amines is 1. The van der Waals surface area contributed by atoms with Gasteiger partial charge in [0, 0.05) is 29.3 Å². The van der Waals surface area contributed by atoms with Gasteiger partial charge in [-0.05, 0) is 50.5 Å². The van der Waals surface area contributed by atoms with E-state index in [1.54, 1.807) is 7.05 Å². The highest BCUT2D eigenvalue weighted by Crippen LogP contribution is 2.23. The molecular weight excluding hydrogens is 350 g/mol. The minimum absolute atomic E-state index is 0.0208. The van der Waals surface area contributed by atoms with E-state index in [4.69, 9.17) is 0 Å². The molecule has 146 valence electrons. The summed E-state index contributed by atoms with van der Waals surface area (Å²) in [5.74, 6) is -0.276. The predicted molar refractivity (Wildman–Crippen MR) is 114 cm³/mol. The van der Waals surface area contributed by atoms with Crippen LogP contribution < -0.4 is 5.32 Å². The molecule has 0 radical (unpaired) electrons. The number of hydrogen-bond donors (Lipinski definition) is 2. The molecule has 0 saturated carbocycles. The zero-order valence-electron chi connectivity index (χ0n) is 17.1. The third-order valence-corrected chi connectivity index (χ3v) is 5.10. The van der Waals surface area contributed by atoms with Crippen LogP contribution in [0.2, 0.25) is 0 Å². The monoisotopic (exact) mass is 377 g/mol. The maximum absolute atomic E-state index is 12.7. The van der Waals surface area contributed by atoms with Crippen molar-refractivity contribution < 1.29 is 9.59 Å². The number of aromatic nitrogens is 1. The number of amides is 2. The largest absolute Gasteiger partial charge is 0.358 e. The van der Waals surface area contributed by atoms with E-state index in [1.165, 1.54) is 4.90 Å². The van der Waals surface area contributed by atoms with Gasteiger partial charge in [0.1, 0.15) is 0 Å². The Hall–Kier alpha value is -3.08. The Kier molecular flexibility index (Phi) is 5.54. The van der Waals surface area contributed by atoms with Crippen molar-refractivity contribution in [2.75, 3.05) is 18.9 Å². The number of nitrogens with zero attached hydrogens (tertiary/aromatic N) is 1. The lowest BCUT2D eigenvalue weighted by Gasteiger charge is -2.18. The molecule has 3 rings (SSSR count). The number of H-pyrrole nitrogens is 1.